The number of rotatable bonds is 6. The smallest absolute Gasteiger partial charge is 0.123 e. The van der Waals surface area contributed by atoms with Gasteiger partial charge in [-0.05, 0) is 12.5 Å². The van der Waals surface area contributed by atoms with Crippen molar-refractivity contribution in [1.82, 2.24) is 5.32 Å². The number of hydrogen-bond donors (Lipinski definition) is 1. The van der Waals surface area contributed by atoms with E-state index in [-0.39, 0.29) is 0 Å². The van der Waals surface area contributed by atoms with Crippen LogP contribution < -0.4 is 10.1 Å². The van der Waals surface area contributed by atoms with E-state index < -0.39 is 0 Å². The lowest BCUT2D eigenvalue weighted by Gasteiger charge is -2.15. The molecule has 15 heavy (non-hydrogen) atoms. The molecule has 1 rings (SSSR count). The second-order valence-corrected chi connectivity index (χ2v) is 3.76. The molecule has 0 heterocycles. The van der Waals surface area contributed by atoms with E-state index in [0.29, 0.717) is 11.9 Å². The molecule has 3 heteroatoms. The molecule has 0 aliphatic carbocycles. The maximum atomic E-state index is 5.81. The molecule has 0 bridgehead atoms. The van der Waals surface area contributed by atoms with Gasteiger partial charge in [0, 0.05) is 24.0 Å². The lowest BCUT2D eigenvalue weighted by Crippen LogP contribution is -2.29. The van der Waals surface area contributed by atoms with Gasteiger partial charge in [-0.2, -0.15) is 0 Å². The lowest BCUT2D eigenvalue weighted by atomic mass is 10.2. The van der Waals surface area contributed by atoms with Crippen molar-refractivity contribution in [1.29, 1.82) is 0 Å². The Balaban J connectivity index is 2.56. The first kappa shape index (κ1) is 12.3. The van der Waals surface area contributed by atoms with Crippen LogP contribution in [0.4, 0.5) is 0 Å². The van der Waals surface area contributed by atoms with Gasteiger partial charge in [0.05, 0.1) is 7.11 Å². The summed E-state index contributed by atoms with van der Waals surface area (Å²) in [7, 11) is 1.69. The number of nitrogens with one attached hydrogen (secondary N) is 1. The fourth-order valence-electron chi connectivity index (χ4n) is 1.41. The minimum absolute atomic E-state index is 0.372. The summed E-state index contributed by atoms with van der Waals surface area (Å²) < 4.78 is 5.27. The molecule has 1 unspecified atom stereocenters. The minimum atomic E-state index is 0.372. The maximum Gasteiger partial charge on any atom is 0.123 e. The Kier molecular flexibility index (Phi) is 5.51. The van der Waals surface area contributed by atoms with Gasteiger partial charge in [-0.1, -0.05) is 25.1 Å². The predicted octanol–water partition coefficient (Wildman–Crippen LogP) is 2.80. The van der Waals surface area contributed by atoms with Gasteiger partial charge in [0.2, 0.25) is 0 Å². The van der Waals surface area contributed by atoms with Gasteiger partial charge in [-0.3, -0.25) is 0 Å². The zero-order valence-corrected chi connectivity index (χ0v) is 10.1. The van der Waals surface area contributed by atoms with Gasteiger partial charge in [-0.25, -0.2) is 0 Å². The highest BCUT2D eigenvalue weighted by Gasteiger charge is 2.05. The van der Waals surface area contributed by atoms with E-state index in [2.05, 4.69) is 18.3 Å². The molecule has 0 saturated heterocycles. The summed E-state index contributed by atoms with van der Waals surface area (Å²) in [5, 5.41) is 3.40. The van der Waals surface area contributed by atoms with Crippen molar-refractivity contribution in [2.75, 3.05) is 13.0 Å². The number of halogens is 1. The van der Waals surface area contributed by atoms with Crippen molar-refractivity contribution in [2.24, 2.45) is 0 Å². The standard InChI is InChI=1S/C12H18ClNO/c1-3-11(8-13)14-9-10-6-4-5-7-12(10)15-2/h4-7,11,14H,3,8-9H2,1-2H3. The van der Waals surface area contributed by atoms with Crippen LogP contribution in [0.25, 0.3) is 0 Å². The normalized spacial score (nSPS) is 12.5. The van der Waals surface area contributed by atoms with Crippen LogP contribution in [0.1, 0.15) is 18.9 Å². The highest BCUT2D eigenvalue weighted by Crippen LogP contribution is 2.17. The zero-order chi connectivity index (χ0) is 11.1. The van der Waals surface area contributed by atoms with Crippen LogP contribution in [0.5, 0.6) is 5.75 Å². The number of hydrogen-bond acceptors (Lipinski definition) is 2. The fraction of sp³-hybridized carbons (Fsp3) is 0.500. The molecule has 0 aliphatic heterocycles. The molecule has 0 fully saturated rings. The maximum absolute atomic E-state index is 5.81. The van der Waals surface area contributed by atoms with Gasteiger partial charge in [0.25, 0.3) is 0 Å². The number of ether oxygens (including phenoxy) is 1. The summed E-state index contributed by atoms with van der Waals surface area (Å²) in [6.45, 7) is 2.93. The van der Waals surface area contributed by atoms with E-state index >= 15 is 0 Å². The van der Waals surface area contributed by atoms with Crippen molar-refractivity contribution in [3.63, 3.8) is 0 Å². The van der Waals surface area contributed by atoms with Crippen LogP contribution in [0.2, 0.25) is 0 Å². The SMILES string of the molecule is CCC(CCl)NCc1ccccc1OC. The molecule has 0 spiro atoms. The van der Waals surface area contributed by atoms with Crippen LogP contribution in [-0.2, 0) is 6.54 Å². The average molecular weight is 228 g/mol. The summed E-state index contributed by atoms with van der Waals surface area (Å²) in [5.41, 5.74) is 1.17. The van der Waals surface area contributed by atoms with Gasteiger partial charge < -0.3 is 10.1 Å². The Labute approximate surface area is 96.6 Å². The van der Waals surface area contributed by atoms with E-state index in [1.54, 1.807) is 7.11 Å². The van der Waals surface area contributed by atoms with Gasteiger partial charge in [0.15, 0.2) is 0 Å². The third-order valence-electron chi connectivity index (χ3n) is 2.45. The van der Waals surface area contributed by atoms with Gasteiger partial charge >= 0.3 is 0 Å². The summed E-state index contributed by atoms with van der Waals surface area (Å²) >= 11 is 5.81. The second kappa shape index (κ2) is 6.70. The second-order valence-electron chi connectivity index (χ2n) is 3.45. The summed E-state index contributed by atoms with van der Waals surface area (Å²) in [6.07, 6.45) is 1.04. The van der Waals surface area contributed by atoms with Crippen molar-refractivity contribution >= 4 is 11.6 Å². The molecule has 84 valence electrons. The zero-order valence-electron chi connectivity index (χ0n) is 9.29. The first-order chi connectivity index (χ1) is 7.31. The van der Waals surface area contributed by atoms with Crippen molar-refractivity contribution < 1.29 is 4.74 Å². The molecule has 2 nitrogen and oxygen atoms in total. The molecule has 0 amide bonds. The molecule has 0 aromatic heterocycles. The Hall–Kier alpha value is -0.730. The quantitative estimate of drug-likeness (QED) is 0.755. The largest absolute Gasteiger partial charge is 0.496 e. The highest BCUT2D eigenvalue weighted by atomic mass is 35.5. The Bertz CT molecular complexity index is 287. The Morgan fingerprint density at radius 1 is 1.40 bits per heavy atom. The summed E-state index contributed by atoms with van der Waals surface area (Å²) in [4.78, 5) is 0. The Morgan fingerprint density at radius 2 is 2.13 bits per heavy atom. The van der Waals surface area contributed by atoms with E-state index in [1.807, 2.05) is 18.2 Å². The molecule has 0 saturated carbocycles. The van der Waals surface area contributed by atoms with E-state index in [4.69, 9.17) is 16.3 Å². The van der Waals surface area contributed by atoms with Crippen molar-refractivity contribution in [3.8, 4) is 5.75 Å². The predicted molar refractivity (Wildman–Crippen MR) is 64.6 cm³/mol. The minimum Gasteiger partial charge on any atom is -0.496 e. The molecule has 0 radical (unpaired) electrons. The summed E-state index contributed by atoms with van der Waals surface area (Å²) in [5.74, 6) is 1.57. The fourth-order valence-corrected chi connectivity index (χ4v) is 1.74. The van der Waals surface area contributed by atoms with E-state index in [9.17, 15) is 0 Å². The van der Waals surface area contributed by atoms with Gasteiger partial charge in [-0.15, -0.1) is 11.6 Å². The molecular formula is C12H18ClNO. The topological polar surface area (TPSA) is 21.3 Å². The van der Waals surface area contributed by atoms with Gasteiger partial charge in [0.1, 0.15) is 5.75 Å². The molecule has 1 atom stereocenters. The number of benzene rings is 1. The summed E-state index contributed by atoms with van der Waals surface area (Å²) in [6, 6.07) is 8.39. The first-order valence-electron chi connectivity index (χ1n) is 5.23. The molecule has 1 aromatic carbocycles. The number of methoxy groups -OCH3 is 1. The highest BCUT2D eigenvalue weighted by molar-refractivity contribution is 6.18. The molecule has 0 aliphatic rings. The van der Waals surface area contributed by atoms with Crippen LogP contribution in [-0.4, -0.2) is 19.0 Å². The van der Waals surface area contributed by atoms with Crippen molar-refractivity contribution in [2.45, 2.75) is 25.9 Å². The first-order valence-corrected chi connectivity index (χ1v) is 5.76. The third kappa shape index (κ3) is 3.73. The number of alkyl halides is 1. The van der Waals surface area contributed by atoms with Crippen LogP contribution in [0.3, 0.4) is 0 Å². The van der Waals surface area contributed by atoms with Crippen LogP contribution in [0, 0.1) is 0 Å². The van der Waals surface area contributed by atoms with E-state index in [0.717, 1.165) is 18.7 Å². The van der Waals surface area contributed by atoms with Crippen molar-refractivity contribution in [3.05, 3.63) is 29.8 Å². The van der Waals surface area contributed by atoms with Crippen LogP contribution in [0.15, 0.2) is 24.3 Å². The van der Waals surface area contributed by atoms with Crippen LogP contribution >= 0.6 is 11.6 Å². The number of para-hydroxylation sites is 1. The Morgan fingerprint density at radius 3 is 2.73 bits per heavy atom. The molecular weight excluding hydrogens is 210 g/mol. The van der Waals surface area contributed by atoms with E-state index in [1.165, 1.54) is 5.56 Å². The third-order valence-corrected chi connectivity index (χ3v) is 2.83. The molecule has 1 aromatic rings. The molecule has 1 N–H and O–H groups in total. The average Bonchev–Trinajstić information content (AvgIpc) is 2.31. The monoisotopic (exact) mass is 227 g/mol. The lowest BCUT2D eigenvalue weighted by molar-refractivity contribution is 0.405.